The molecule has 0 unspecified atom stereocenters. The summed E-state index contributed by atoms with van der Waals surface area (Å²) in [6.45, 7) is 0. The molecule has 0 bridgehead atoms. The molecule has 23 heavy (non-hydrogen) atoms. The number of anilines is 1. The van der Waals surface area contributed by atoms with Gasteiger partial charge in [-0.2, -0.15) is 0 Å². The van der Waals surface area contributed by atoms with Crippen LogP contribution in [0, 0.1) is 0 Å². The molecule has 0 saturated heterocycles. The highest BCUT2D eigenvalue weighted by molar-refractivity contribution is 6.02. The lowest BCUT2D eigenvalue weighted by molar-refractivity contribution is -0.111. The van der Waals surface area contributed by atoms with E-state index in [1.807, 2.05) is 42.5 Å². The molecule has 0 saturated carbocycles. The summed E-state index contributed by atoms with van der Waals surface area (Å²) in [6, 6.07) is 21.6. The number of carbonyl (C=O) groups excluding carboxylic acids is 1. The molecule has 3 heteroatoms. The maximum atomic E-state index is 12.1. The van der Waals surface area contributed by atoms with Crippen molar-refractivity contribution in [2.24, 2.45) is 0 Å². The zero-order valence-corrected chi connectivity index (χ0v) is 12.6. The van der Waals surface area contributed by atoms with Crippen LogP contribution in [0.4, 0.5) is 5.69 Å². The maximum Gasteiger partial charge on any atom is 0.248 e. The van der Waals surface area contributed by atoms with Crippen LogP contribution in [0.1, 0.15) is 16.9 Å². The van der Waals surface area contributed by atoms with E-state index in [9.17, 15) is 4.79 Å². The first-order valence-corrected chi connectivity index (χ1v) is 7.46. The van der Waals surface area contributed by atoms with Crippen LogP contribution in [0.15, 0.2) is 83.5 Å². The third-order valence-electron chi connectivity index (χ3n) is 3.45. The Morgan fingerprint density at radius 1 is 0.957 bits per heavy atom. The van der Waals surface area contributed by atoms with Gasteiger partial charge in [0.1, 0.15) is 5.76 Å². The molecule has 1 heterocycles. The summed E-state index contributed by atoms with van der Waals surface area (Å²) >= 11 is 0. The number of amides is 1. The van der Waals surface area contributed by atoms with E-state index in [0.29, 0.717) is 5.76 Å². The smallest absolute Gasteiger partial charge is 0.248 e. The Bertz CT molecular complexity index is 790. The fraction of sp³-hybridized carbons (Fsp3) is 0.0500. The van der Waals surface area contributed by atoms with Crippen molar-refractivity contribution < 1.29 is 9.21 Å². The number of benzene rings is 2. The van der Waals surface area contributed by atoms with Crippen molar-refractivity contribution in [2.45, 2.75) is 6.42 Å². The van der Waals surface area contributed by atoms with Gasteiger partial charge in [0, 0.05) is 11.8 Å². The minimum absolute atomic E-state index is 0.179. The van der Waals surface area contributed by atoms with Gasteiger partial charge >= 0.3 is 0 Å². The molecule has 3 rings (SSSR count). The summed E-state index contributed by atoms with van der Waals surface area (Å²) < 4.78 is 5.17. The third-order valence-corrected chi connectivity index (χ3v) is 3.45. The van der Waals surface area contributed by atoms with Crippen LogP contribution < -0.4 is 5.32 Å². The molecule has 114 valence electrons. The van der Waals surface area contributed by atoms with Crippen LogP contribution in [0.2, 0.25) is 0 Å². The van der Waals surface area contributed by atoms with Crippen LogP contribution >= 0.6 is 0 Å². The normalized spacial score (nSPS) is 10.8. The van der Waals surface area contributed by atoms with Crippen molar-refractivity contribution in [3.05, 3.63) is 96.0 Å². The predicted molar refractivity (Wildman–Crippen MR) is 92.1 cm³/mol. The Morgan fingerprint density at radius 3 is 2.52 bits per heavy atom. The second kappa shape index (κ2) is 7.27. The van der Waals surface area contributed by atoms with E-state index in [4.69, 9.17) is 4.42 Å². The third kappa shape index (κ3) is 4.20. The molecular weight excluding hydrogens is 286 g/mol. The first-order chi connectivity index (χ1) is 11.3. The van der Waals surface area contributed by atoms with E-state index >= 15 is 0 Å². The minimum Gasteiger partial charge on any atom is -0.465 e. The molecule has 2 aromatic carbocycles. The lowest BCUT2D eigenvalue weighted by Gasteiger charge is -2.10. The van der Waals surface area contributed by atoms with Gasteiger partial charge in [-0.1, -0.05) is 48.5 Å². The standard InChI is InChI=1S/C20H17NO2/c22-20(13-12-18-10-6-14-23-18)21-19-11-5-4-9-17(19)15-16-7-2-1-3-8-16/h1-14H,15H2,(H,21,22)/b13-12+. The molecule has 1 aromatic heterocycles. The molecule has 0 aliphatic rings. The number of furan rings is 1. The molecule has 3 nitrogen and oxygen atoms in total. The summed E-state index contributed by atoms with van der Waals surface area (Å²) in [5, 5.41) is 2.93. The van der Waals surface area contributed by atoms with E-state index in [2.05, 4.69) is 17.4 Å². The van der Waals surface area contributed by atoms with E-state index < -0.39 is 0 Å². The van der Waals surface area contributed by atoms with Crippen LogP contribution in [0.5, 0.6) is 0 Å². The molecule has 0 atom stereocenters. The van der Waals surface area contributed by atoms with Crippen molar-refractivity contribution in [3.8, 4) is 0 Å². The molecular formula is C20H17NO2. The van der Waals surface area contributed by atoms with Gasteiger partial charge in [-0.15, -0.1) is 0 Å². The molecule has 1 amide bonds. The van der Waals surface area contributed by atoms with Crippen LogP contribution in [-0.2, 0) is 11.2 Å². The molecule has 0 fully saturated rings. The highest BCUT2D eigenvalue weighted by atomic mass is 16.3. The Kier molecular flexibility index (Phi) is 4.69. The minimum atomic E-state index is -0.179. The highest BCUT2D eigenvalue weighted by Gasteiger charge is 2.05. The molecule has 0 aliphatic carbocycles. The molecule has 0 radical (unpaired) electrons. The second-order valence-electron chi connectivity index (χ2n) is 5.16. The van der Waals surface area contributed by atoms with E-state index in [-0.39, 0.29) is 5.91 Å². The second-order valence-corrected chi connectivity index (χ2v) is 5.16. The fourth-order valence-electron chi connectivity index (χ4n) is 2.33. The van der Waals surface area contributed by atoms with E-state index in [0.717, 1.165) is 17.7 Å². The Hall–Kier alpha value is -3.07. The average molecular weight is 303 g/mol. The van der Waals surface area contributed by atoms with Gasteiger partial charge in [0.2, 0.25) is 5.91 Å². The van der Waals surface area contributed by atoms with Crippen molar-refractivity contribution in [1.29, 1.82) is 0 Å². The summed E-state index contributed by atoms with van der Waals surface area (Å²) in [6.07, 6.45) is 5.47. The zero-order chi connectivity index (χ0) is 15.9. The van der Waals surface area contributed by atoms with E-state index in [1.165, 1.54) is 11.6 Å². The number of carbonyl (C=O) groups is 1. The molecule has 0 spiro atoms. The summed E-state index contributed by atoms with van der Waals surface area (Å²) in [5.74, 6) is 0.472. The number of hydrogen-bond acceptors (Lipinski definition) is 2. The van der Waals surface area contributed by atoms with Gasteiger partial charge in [-0.25, -0.2) is 0 Å². The number of nitrogens with one attached hydrogen (secondary N) is 1. The van der Waals surface area contributed by atoms with Gasteiger partial charge in [-0.05, 0) is 41.8 Å². The fourth-order valence-corrected chi connectivity index (χ4v) is 2.33. The largest absolute Gasteiger partial charge is 0.465 e. The first-order valence-electron chi connectivity index (χ1n) is 7.46. The summed E-state index contributed by atoms with van der Waals surface area (Å²) in [4.78, 5) is 12.1. The van der Waals surface area contributed by atoms with Crippen LogP contribution in [0.25, 0.3) is 6.08 Å². The van der Waals surface area contributed by atoms with Crippen molar-refractivity contribution >= 4 is 17.7 Å². The average Bonchev–Trinajstić information content (AvgIpc) is 3.09. The van der Waals surface area contributed by atoms with Gasteiger partial charge in [-0.3, -0.25) is 4.79 Å². The quantitative estimate of drug-likeness (QED) is 0.704. The Labute approximate surface area is 135 Å². The SMILES string of the molecule is O=C(/C=C/c1ccco1)Nc1ccccc1Cc1ccccc1. The highest BCUT2D eigenvalue weighted by Crippen LogP contribution is 2.19. The summed E-state index contributed by atoms with van der Waals surface area (Å²) in [5.41, 5.74) is 3.12. The Morgan fingerprint density at radius 2 is 1.74 bits per heavy atom. The lowest BCUT2D eigenvalue weighted by Crippen LogP contribution is -2.09. The topological polar surface area (TPSA) is 42.2 Å². The van der Waals surface area contributed by atoms with Crippen LogP contribution in [-0.4, -0.2) is 5.91 Å². The van der Waals surface area contributed by atoms with Gasteiger partial charge in [0.25, 0.3) is 0 Å². The first kappa shape index (κ1) is 14.9. The van der Waals surface area contributed by atoms with Crippen molar-refractivity contribution in [1.82, 2.24) is 0 Å². The van der Waals surface area contributed by atoms with Gasteiger partial charge in [0.15, 0.2) is 0 Å². The Balaban J connectivity index is 1.71. The van der Waals surface area contributed by atoms with Crippen LogP contribution in [0.3, 0.4) is 0 Å². The maximum absolute atomic E-state index is 12.1. The summed E-state index contributed by atoms with van der Waals surface area (Å²) in [7, 11) is 0. The number of rotatable bonds is 5. The zero-order valence-electron chi connectivity index (χ0n) is 12.6. The lowest BCUT2D eigenvalue weighted by atomic mass is 10.0. The predicted octanol–water partition coefficient (Wildman–Crippen LogP) is 4.52. The number of hydrogen-bond donors (Lipinski definition) is 1. The molecule has 1 N–H and O–H groups in total. The van der Waals surface area contributed by atoms with Gasteiger partial charge < -0.3 is 9.73 Å². The molecule has 0 aliphatic heterocycles. The van der Waals surface area contributed by atoms with Crippen molar-refractivity contribution in [2.75, 3.05) is 5.32 Å². The monoisotopic (exact) mass is 303 g/mol. The number of para-hydroxylation sites is 1. The van der Waals surface area contributed by atoms with Crippen molar-refractivity contribution in [3.63, 3.8) is 0 Å². The van der Waals surface area contributed by atoms with Gasteiger partial charge in [0.05, 0.1) is 6.26 Å². The molecule has 3 aromatic rings. The van der Waals surface area contributed by atoms with E-state index in [1.54, 1.807) is 24.5 Å².